The summed E-state index contributed by atoms with van der Waals surface area (Å²) in [4.78, 5) is 14.8. The number of nitrogens with one attached hydrogen (secondary N) is 1. The summed E-state index contributed by atoms with van der Waals surface area (Å²) in [6.45, 7) is 0. The van der Waals surface area contributed by atoms with E-state index in [4.69, 9.17) is 23.2 Å². The SMILES string of the molecule is CN.CNC(=O)c1ccnc(Cl)c1Cl. The van der Waals surface area contributed by atoms with Crippen LogP contribution in [-0.4, -0.2) is 25.0 Å². The number of hydrogen-bond donors (Lipinski definition) is 2. The Balaban J connectivity index is 0.000000791. The van der Waals surface area contributed by atoms with Gasteiger partial charge in [0.25, 0.3) is 5.91 Å². The van der Waals surface area contributed by atoms with Crippen LogP contribution < -0.4 is 11.1 Å². The summed E-state index contributed by atoms with van der Waals surface area (Å²) in [7, 11) is 3.02. The zero-order valence-electron chi connectivity index (χ0n) is 7.84. The average Bonchev–Trinajstić information content (AvgIpc) is 2.24. The van der Waals surface area contributed by atoms with Crippen LogP contribution in [0.3, 0.4) is 0 Å². The predicted molar refractivity (Wildman–Crippen MR) is 57.8 cm³/mol. The van der Waals surface area contributed by atoms with E-state index in [1.165, 1.54) is 26.4 Å². The highest BCUT2D eigenvalue weighted by molar-refractivity contribution is 6.43. The van der Waals surface area contributed by atoms with Crippen molar-refractivity contribution in [2.75, 3.05) is 14.1 Å². The van der Waals surface area contributed by atoms with Crippen molar-refractivity contribution in [1.82, 2.24) is 10.3 Å². The number of aromatic nitrogens is 1. The topological polar surface area (TPSA) is 68.0 Å². The fraction of sp³-hybridized carbons (Fsp3) is 0.250. The van der Waals surface area contributed by atoms with Gasteiger partial charge in [0.15, 0.2) is 0 Å². The Morgan fingerprint density at radius 3 is 2.57 bits per heavy atom. The van der Waals surface area contributed by atoms with E-state index in [0.29, 0.717) is 5.56 Å². The van der Waals surface area contributed by atoms with E-state index in [9.17, 15) is 4.79 Å². The van der Waals surface area contributed by atoms with Crippen LogP contribution in [0.25, 0.3) is 0 Å². The summed E-state index contributed by atoms with van der Waals surface area (Å²) >= 11 is 11.3. The summed E-state index contributed by atoms with van der Waals surface area (Å²) in [5.74, 6) is -0.274. The molecule has 78 valence electrons. The number of carbonyl (C=O) groups excluding carboxylic acids is 1. The number of carbonyl (C=O) groups is 1. The second-order valence-electron chi connectivity index (χ2n) is 2.04. The average molecular weight is 236 g/mol. The van der Waals surface area contributed by atoms with Gasteiger partial charge in [-0.1, -0.05) is 23.2 Å². The van der Waals surface area contributed by atoms with Crippen LogP contribution in [-0.2, 0) is 0 Å². The molecule has 0 aliphatic heterocycles. The summed E-state index contributed by atoms with van der Waals surface area (Å²) < 4.78 is 0. The lowest BCUT2D eigenvalue weighted by Crippen LogP contribution is -2.18. The second-order valence-corrected chi connectivity index (χ2v) is 2.78. The van der Waals surface area contributed by atoms with Gasteiger partial charge in [0, 0.05) is 13.2 Å². The fourth-order valence-corrected chi connectivity index (χ4v) is 1.08. The van der Waals surface area contributed by atoms with Crippen LogP contribution in [0.2, 0.25) is 10.2 Å². The fourth-order valence-electron chi connectivity index (χ4n) is 0.728. The molecule has 0 atom stereocenters. The van der Waals surface area contributed by atoms with Crippen molar-refractivity contribution in [2.24, 2.45) is 5.73 Å². The summed E-state index contributed by atoms with van der Waals surface area (Å²) in [5, 5.41) is 2.76. The highest BCUT2D eigenvalue weighted by atomic mass is 35.5. The van der Waals surface area contributed by atoms with Crippen LogP contribution in [0, 0.1) is 0 Å². The number of hydrogen-bond acceptors (Lipinski definition) is 3. The molecule has 1 heterocycles. The zero-order valence-corrected chi connectivity index (χ0v) is 9.36. The third kappa shape index (κ3) is 3.14. The van der Waals surface area contributed by atoms with Crippen molar-refractivity contribution in [2.45, 2.75) is 0 Å². The van der Waals surface area contributed by atoms with Crippen LogP contribution >= 0.6 is 23.2 Å². The Labute approximate surface area is 92.4 Å². The van der Waals surface area contributed by atoms with E-state index in [2.05, 4.69) is 16.0 Å². The molecule has 0 bridgehead atoms. The standard InChI is InChI=1S/C7H6Cl2N2O.CH5N/c1-10-7(12)4-2-3-11-6(9)5(4)8;1-2/h2-3H,1H3,(H,10,12);2H2,1H3. The molecule has 6 heteroatoms. The molecular weight excluding hydrogens is 225 g/mol. The van der Waals surface area contributed by atoms with Gasteiger partial charge >= 0.3 is 0 Å². The molecule has 0 saturated heterocycles. The molecule has 4 nitrogen and oxygen atoms in total. The molecule has 1 aromatic heterocycles. The maximum Gasteiger partial charge on any atom is 0.252 e. The highest BCUT2D eigenvalue weighted by Crippen LogP contribution is 2.22. The molecule has 1 amide bonds. The van der Waals surface area contributed by atoms with Crippen molar-refractivity contribution in [3.8, 4) is 0 Å². The number of pyridine rings is 1. The number of amides is 1. The minimum atomic E-state index is -0.274. The molecule has 0 saturated carbocycles. The van der Waals surface area contributed by atoms with E-state index < -0.39 is 0 Å². The first-order valence-electron chi connectivity index (χ1n) is 3.76. The Hall–Kier alpha value is -0.840. The Morgan fingerprint density at radius 1 is 1.50 bits per heavy atom. The van der Waals surface area contributed by atoms with Crippen LogP contribution in [0.15, 0.2) is 12.3 Å². The lowest BCUT2D eigenvalue weighted by Gasteiger charge is -2.01. The van der Waals surface area contributed by atoms with Gasteiger partial charge < -0.3 is 11.1 Å². The van der Waals surface area contributed by atoms with Gasteiger partial charge in [0.1, 0.15) is 5.15 Å². The molecule has 0 aliphatic carbocycles. The number of halogens is 2. The molecule has 3 N–H and O–H groups in total. The molecular formula is C8H11Cl2N3O. The zero-order chi connectivity index (χ0) is 11.1. The van der Waals surface area contributed by atoms with Crippen LogP contribution in [0.5, 0.6) is 0 Å². The van der Waals surface area contributed by atoms with Gasteiger partial charge in [0.05, 0.1) is 10.6 Å². The minimum absolute atomic E-state index is 0.137. The summed E-state index contributed by atoms with van der Waals surface area (Å²) in [5.41, 5.74) is 4.83. The molecule has 1 aromatic rings. The van der Waals surface area contributed by atoms with Gasteiger partial charge in [-0.25, -0.2) is 4.98 Å². The lowest BCUT2D eigenvalue weighted by atomic mass is 10.2. The highest BCUT2D eigenvalue weighted by Gasteiger charge is 2.10. The third-order valence-electron chi connectivity index (χ3n) is 1.32. The smallest absolute Gasteiger partial charge is 0.252 e. The minimum Gasteiger partial charge on any atom is -0.355 e. The molecule has 0 aromatic carbocycles. The molecule has 14 heavy (non-hydrogen) atoms. The van der Waals surface area contributed by atoms with E-state index >= 15 is 0 Å². The lowest BCUT2D eigenvalue weighted by molar-refractivity contribution is 0.0963. The van der Waals surface area contributed by atoms with Crippen LogP contribution in [0.1, 0.15) is 10.4 Å². The maximum atomic E-state index is 11.1. The van der Waals surface area contributed by atoms with E-state index in [1.54, 1.807) is 0 Å². The van der Waals surface area contributed by atoms with Gasteiger partial charge in [0.2, 0.25) is 0 Å². The number of nitrogens with two attached hydrogens (primary N) is 1. The second kappa shape index (κ2) is 6.59. The van der Waals surface area contributed by atoms with Crippen molar-refractivity contribution < 1.29 is 4.79 Å². The molecule has 0 unspecified atom stereocenters. The maximum absolute atomic E-state index is 11.1. The van der Waals surface area contributed by atoms with Gasteiger partial charge in [-0.15, -0.1) is 0 Å². The van der Waals surface area contributed by atoms with Crippen LogP contribution in [0.4, 0.5) is 0 Å². The van der Waals surface area contributed by atoms with E-state index in [-0.39, 0.29) is 16.1 Å². The first kappa shape index (κ1) is 13.2. The summed E-state index contributed by atoms with van der Waals surface area (Å²) in [6, 6.07) is 1.51. The van der Waals surface area contributed by atoms with Gasteiger partial charge in [-0.05, 0) is 13.1 Å². The van der Waals surface area contributed by atoms with Gasteiger partial charge in [-0.2, -0.15) is 0 Å². The first-order valence-corrected chi connectivity index (χ1v) is 4.52. The first-order chi connectivity index (χ1) is 6.66. The quantitative estimate of drug-likeness (QED) is 0.722. The normalized spacial score (nSPS) is 8.64. The number of nitrogens with zero attached hydrogens (tertiary/aromatic N) is 1. The Bertz CT molecular complexity index is 317. The molecule has 0 fully saturated rings. The van der Waals surface area contributed by atoms with E-state index in [1.807, 2.05) is 0 Å². The molecule has 0 spiro atoms. The molecule has 0 radical (unpaired) electrons. The Kier molecular flexibility index (Phi) is 6.19. The number of rotatable bonds is 1. The Morgan fingerprint density at radius 2 is 2.07 bits per heavy atom. The van der Waals surface area contributed by atoms with Crippen molar-refractivity contribution in [3.63, 3.8) is 0 Å². The third-order valence-corrected chi connectivity index (χ3v) is 2.08. The van der Waals surface area contributed by atoms with Crippen molar-refractivity contribution >= 4 is 29.1 Å². The monoisotopic (exact) mass is 235 g/mol. The summed E-state index contributed by atoms with van der Waals surface area (Å²) in [6.07, 6.45) is 1.43. The van der Waals surface area contributed by atoms with E-state index in [0.717, 1.165) is 0 Å². The predicted octanol–water partition coefficient (Wildman–Crippen LogP) is 1.32. The molecule has 1 rings (SSSR count). The van der Waals surface area contributed by atoms with Crippen molar-refractivity contribution in [3.05, 3.63) is 28.0 Å². The largest absolute Gasteiger partial charge is 0.355 e. The molecule has 0 aliphatic rings. The van der Waals surface area contributed by atoms with Crippen molar-refractivity contribution in [1.29, 1.82) is 0 Å². The van der Waals surface area contributed by atoms with Gasteiger partial charge in [-0.3, -0.25) is 4.79 Å².